The van der Waals surface area contributed by atoms with Crippen molar-refractivity contribution in [1.29, 1.82) is 0 Å². The molecule has 0 amide bonds. The van der Waals surface area contributed by atoms with E-state index in [4.69, 9.17) is 5.73 Å². The van der Waals surface area contributed by atoms with Crippen molar-refractivity contribution < 1.29 is 12.8 Å². The first-order valence-corrected chi connectivity index (χ1v) is 8.32. The van der Waals surface area contributed by atoms with Crippen LogP contribution in [0.3, 0.4) is 0 Å². The van der Waals surface area contributed by atoms with Crippen LogP contribution in [0.2, 0.25) is 0 Å². The fourth-order valence-electron chi connectivity index (χ4n) is 2.69. The van der Waals surface area contributed by atoms with Gasteiger partial charge in [0.15, 0.2) is 0 Å². The topological polar surface area (TPSA) is 66.6 Å². The minimum atomic E-state index is -3.66. The molecule has 0 atom stereocenters. The Morgan fingerprint density at radius 2 is 1.90 bits per heavy atom. The van der Waals surface area contributed by atoms with Gasteiger partial charge >= 0.3 is 0 Å². The molecular weight excluding hydrogens is 293 g/mol. The van der Waals surface area contributed by atoms with E-state index < -0.39 is 15.8 Å². The highest BCUT2D eigenvalue weighted by molar-refractivity contribution is 7.89. The van der Waals surface area contributed by atoms with Gasteiger partial charge in [-0.15, -0.1) is 0 Å². The molecule has 0 aromatic heterocycles. The number of hydrogen-bond acceptors (Lipinski definition) is 4. The van der Waals surface area contributed by atoms with E-state index in [1.54, 1.807) is 7.05 Å². The lowest BCUT2D eigenvalue weighted by Gasteiger charge is -2.48. The largest absolute Gasteiger partial charge is 0.396 e. The van der Waals surface area contributed by atoms with Crippen LogP contribution in [0.5, 0.6) is 0 Å². The molecule has 0 aliphatic heterocycles. The highest BCUT2D eigenvalue weighted by Crippen LogP contribution is 2.37. The number of likely N-dealkylation sites (N-methyl/N-ethyl adjacent to an activating group) is 2. The molecule has 1 aliphatic rings. The summed E-state index contributed by atoms with van der Waals surface area (Å²) in [5.41, 5.74) is 5.20. The zero-order valence-corrected chi connectivity index (χ0v) is 13.5. The second-order valence-electron chi connectivity index (χ2n) is 5.92. The monoisotopic (exact) mass is 315 g/mol. The fraction of sp³-hybridized carbons (Fsp3) is 0.571. The highest BCUT2D eigenvalue weighted by Gasteiger charge is 2.42. The average Bonchev–Trinajstić information content (AvgIpc) is 2.36. The standard InChI is InChI=1S/C14H22FN3O2S/c1-17(2)14(7-4-8-14)10-18(3)21(19,20)11-5-6-12(15)13(16)9-11/h5-6,9H,4,7-8,10,16H2,1-3H3. The Labute approximate surface area is 125 Å². The van der Waals surface area contributed by atoms with Crippen LogP contribution in [-0.2, 0) is 10.0 Å². The maximum Gasteiger partial charge on any atom is 0.242 e. The van der Waals surface area contributed by atoms with Crippen molar-refractivity contribution in [2.24, 2.45) is 0 Å². The van der Waals surface area contributed by atoms with Gasteiger partial charge in [-0.2, -0.15) is 4.31 Å². The molecule has 118 valence electrons. The molecule has 0 radical (unpaired) electrons. The third-order valence-corrected chi connectivity index (χ3v) is 6.22. The number of anilines is 1. The van der Waals surface area contributed by atoms with E-state index in [1.165, 1.54) is 16.4 Å². The van der Waals surface area contributed by atoms with Crippen LogP contribution in [-0.4, -0.2) is 50.8 Å². The quantitative estimate of drug-likeness (QED) is 0.837. The predicted octanol–water partition coefficient (Wildman–Crippen LogP) is 1.51. The Balaban J connectivity index is 2.24. The summed E-state index contributed by atoms with van der Waals surface area (Å²) in [6.07, 6.45) is 3.06. The molecule has 21 heavy (non-hydrogen) atoms. The molecule has 7 heteroatoms. The molecule has 1 fully saturated rings. The third kappa shape index (κ3) is 2.90. The van der Waals surface area contributed by atoms with Crippen LogP contribution < -0.4 is 5.73 Å². The van der Waals surface area contributed by atoms with E-state index >= 15 is 0 Å². The lowest BCUT2D eigenvalue weighted by molar-refractivity contribution is 0.0455. The van der Waals surface area contributed by atoms with Gasteiger partial charge in [-0.3, -0.25) is 0 Å². The molecule has 1 aromatic rings. The summed E-state index contributed by atoms with van der Waals surface area (Å²) in [7, 11) is 1.83. The number of halogens is 1. The summed E-state index contributed by atoms with van der Waals surface area (Å²) >= 11 is 0. The van der Waals surface area contributed by atoms with E-state index in [1.807, 2.05) is 14.1 Å². The molecule has 2 rings (SSSR count). The molecule has 1 aliphatic carbocycles. The summed E-state index contributed by atoms with van der Waals surface area (Å²) in [6.45, 7) is 0.416. The molecule has 0 unspecified atom stereocenters. The molecule has 2 N–H and O–H groups in total. The van der Waals surface area contributed by atoms with Crippen LogP contribution >= 0.6 is 0 Å². The minimum absolute atomic E-state index is 0.0251. The van der Waals surface area contributed by atoms with Gasteiger partial charge < -0.3 is 10.6 Å². The third-order valence-electron chi connectivity index (χ3n) is 4.43. The number of benzene rings is 1. The average molecular weight is 315 g/mol. The number of sulfonamides is 1. The lowest BCUT2D eigenvalue weighted by Crippen LogP contribution is -2.57. The van der Waals surface area contributed by atoms with Crippen LogP contribution in [0, 0.1) is 5.82 Å². The van der Waals surface area contributed by atoms with E-state index in [-0.39, 0.29) is 16.1 Å². The number of rotatable bonds is 5. The van der Waals surface area contributed by atoms with Crippen LogP contribution in [0.1, 0.15) is 19.3 Å². The number of nitrogen functional groups attached to an aromatic ring is 1. The number of hydrogen-bond donors (Lipinski definition) is 1. The first-order chi connectivity index (χ1) is 9.69. The van der Waals surface area contributed by atoms with Crippen molar-refractivity contribution in [3.8, 4) is 0 Å². The van der Waals surface area contributed by atoms with Gasteiger partial charge in [-0.05, 0) is 51.6 Å². The number of nitrogens with zero attached hydrogens (tertiary/aromatic N) is 2. The second-order valence-corrected chi connectivity index (χ2v) is 7.96. The Bertz CT molecular complexity index is 627. The van der Waals surface area contributed by atoms with Gasteiger partial charge in [-0.25, -0.2) is 12.8 Å². The molecular formula is C14H22FN3O2S. The van der Waals surface area contributed by atoms with E-state index in [2.05, 4.69) is 4.90 Å². The summed E-state index contributed by atoms with van der Waals surface area (Å²) in [5.74, 6) is -0.611. The predicted molar refractivity (Wildman–Crippen MR) is 80.9 cm³/mol. The second kappa shape index (κ2) is 5.55. The first-order valence-electron chi connectivity index (χ1n) is 6.88. The van der Waals surface area contributed by atoms with Crippen molar-refractivity contribution in [2.45, 2.75) is 29.7 Å². The molecule has 0 saturated heterocycles. The SMILES string of the molecule is CN(C)C1(CN(C)S(=O)(=O)c2ccc(F)c(N)c2)CCC1. The Morgan fingerprint density at radius 3 is 2.33 bits per heavy atom. The normalized spacial score (nSPS) is 18.0. The summed E-state index contributed by atoms with van der Waals surface area (Å²) in [6, 6.07) is 3.51. The number of nitrogens with two attached hydrogens (primary N) is 1. The van der Waals surface area contributed by atoms with Gasteiger partial charge in [0.05, 0.1) is 10.6 Å². The zero-order chi connectivity index (χ0) is 15.8. The summed E-state index contributed by atoms with van der Waals surface area (Å²) < 4.78 is 39.7. The van der Waals surface area contributed by atoms with Crippen LogP contribution in [0.25, 0.3) is 0 Å². The van der Waals surface area contributed by atoms with Crippen molar-refractivity contribution >= 4 is 15.7 Å². The Morgan fingerprint density at radius 1 is 1.29 bits per heavy atom. The van der Waals surface area contributed by atoms with Gasteiger partial charge in [-0.1, -0.05) is 0 Å². The van der Waals surface area contributed by atoms with Gasteiger partial charge in [0.2, 0.25) is 10.0 Å². The van der Waals surface area contributed by atoms with E-state index in [0.29, 0.717) is 6.54 Å². The Hall–Kier alpha value is -1.18. The molecule has 5 nitrogen and oxygen atoms in total. The maximum atomic E-state index is 13.2. The van der Waals surface area contributed by atoms with Gasteiger partial charge in [0.1, 0.15) is 5.82 Å². The van der Waals surface area contributed by atoms with Crippen molar-refractivity contribution in [2.75, 3.05) is 33.4 Å². The lowest BCUT2D eigenvalue weighted by atomic mass is 9.75. The van der Waals surface area contributed by atoms with Gasteiger partial charge in [0, 0.05) is 19.1 Å². The van der Waals surface area contributed by atoms with Gasteiger partial charge in [0.25, 0.3) is 0 Å². The van der Waals surface area contributed by atoms with Crippen LogP contribution in [0.4, 0.5) is 10.1 Å². The minimum Gasteiger partial charge on any atom is -0.396 e. The van der Waals surface area contributed by atoms with Crippen molar-refractivity contribution in [3.63, 3.8) is 0 Å². The summed E-state index contributed by atoms with van der Waals surface area (Å²) in [5, 5.41) is 0. The van der Waals surface area contributed by atoms with E-state index in [0.717, 1.165) is 25.3 Å². The molecule has 1 aromatic carbocycles. The Kier molecular flexibility index (Phi) is 4.28. The first kappa shape index (κ1) is 16.2. The molecule has 0 bridgehead atoms. The zero-order valence-electron chi connectivity index (χ0n) is 12.6. The maximum absolute atomic E-state index is 13.2. The van der Waals surface area contributed by atoms with Crippen molar-refractivity contribution in [1.82, 2.24) is 9.21 Å². The van der Waals surface area contributed by atoms with E-state index in [9.17, 15) is 12.8 Å². The molecule has 0 heterocycles. The summed E-state index contributed by atoms with van der Waals surface area (Å²) in [4.78, 5) is 2.11. The van der Waals surface area contributed by atoms with Crippen molar-refractivity contribution in [3.05, 3.63) is 24.0 Å². The molecule has 0 spiro atoms. The molecule has 1 saturated carbocycles. The van der Waals surface area contributed by atoms with Crippen LogP contribution in [0.15, 0.2) is 23.1 Å². The fourth-order valence-corrected chi connectivity index (χ4v) is 3.98. The smallest absolute Gasteiger partial charge is 0.242 e. The highest BCUT2D eigenvalue weighted by atomic mass is 32.2.